The summed E-state index contributed by atoms with van der Waals surface area (Å²) in [6.45, 7) is 1.72. The number of nitrogens with zero attached hydrogens (tertiary/aromatic N) is 3. The number of nitrogens with one attached hydrogen (secondary N) is 1. The molecule has 1 amide bonds. The van der Waals surface area contributed by atoms with Gasteiger partial charge in [-0.25, -0.2) is 4.98 Å². The second kappa shape index (κ2) is 6.58. The maximum atomic E-state index is 11.7. The highest BCUT2D eigenvalue weighted by atomic mass is 32.2. The number of hydrogen-bond acceptors (Lipinski definition) is 6. The number of rotatable bonds is 6. The normalized spacial score (nSPS) is 10.8. The number of hydrogen-bond donors (Lipinski definition) is 2. The Hall–Kier alpha value is -1.80. The van der Waals surface area contributed by atoms with Crippen molar-refractivity contribution in [3.63, 3.8) is 0 Å². The van der Waals surface area contributed by atoms with Crippen molar-refractivity contribution in [2.75, 3.05) is 11.1 Å². The first-order chi connectivity index (χ1) is 9.60. The predicted octanol–water partition coefficient (Wildman–Crippen LogP) is 1.33. The third-order valence-corrected chi connectivity index (χ3v) is 3.71. The molecule has 0 spiro atoms. The first-order valence-electron chi connectivity index (χ1n) is 6.07. The number of thioether (sulfide) groups is 1. The summed E-state index contributed by atoms with van der Waals surface area (Å²) >= 11 is 1.46. The van der Waals surface area contributed by atoms with Gasteiger partial charge in [-0.2, -0.15) is 0 Å². The smallest absolute Gasteiger partial charge is 0.226 e. The van der Waals surface area contributed by atoms with Gasteiger partial charge >= 0.3 is 0 Å². The van der Waals surface area contributed by atoms with Crippen LogP contribution in [-0.4, -0.2) is 31.5 Å². The van der Waals surface area contributed by atoms with Crippen LogP contribution >= 0.6 is 11.8 Å². The van der Waals surface area contributed by atoms with Crippen LogP contribution in [0.5, 0.6) is 0 Å². The van der Waals surface area contributed by atoms with Gasteiger partial charge in [0.1, 0.15) is 5.76 Å². The van der Waals surface area contributed by atoms with Gasteiger partial charge < -0.3 is 19.5 Å². The second-order valence-electron chi connectivity index (χ2n) is 4.22. The number of amides is 1. The van der Waals surface area contributed by atoms with Crippen LogP contribution in [0.15, 0.2) is 21.9 Å². The summed E-state index contributed by atoms with van der Waals surface area (Å²) in [5, 5.41) is 16.2. The lowest BCUT2D eigenvalue weighted by molar-refractivity contribution is -0.115. The van der Waals surface area contributed by atoms with Gasteiger partial charge in [0, 0.05) is 25.3 Å². The molecule has 0 aliphatic carbocycles. The first-order valence-corrected chi connectivity index (χ1v) is 7.06. The Bertz CT molecular complexity index is 593. The first kappa shape index (κ1) is 14.6. The number of aliphatic hydroxyl groups is 1. The van der Waals surface area contributed by atoms with Crippen molar-refractivity contribution < 1.29 is 14.4 Å². The molecule has 0 saturated heterocycles. The number of aryl methyl sites for hydroxylation is 1. The summed E-state index contributed by atoms with van der Waals surface area (Å²) in [6, 6.07) is 1.66. The average Bonchev–Trinajstić information content (AvgIpc) is 2.97. The van der Waals surface area contributed by atoms with Gasteiger partial charge in [-0.05, 0) is 6.92 Å². The molecule has 0 aliphatic heterocycles. The number of imidazole rings is 1. The van der Waals surface area contributed by atoms with Crippen LogP contribution < -0.4 is 5.32 Å². The van der Waals surface area contributed by atoms with Crippen LogP contribution in [0, 0.1) is 6.92 Å². The topological polar surface area (TPSA) is 93.2 Å². The number of carbonyl (C=O) groups excluding carboxylic acids is 1. The quantitative estimate of drug-likeness (QED) is 0.781. The van der Waals surface area contributed by atoms with Gasteiger partial charge in [-0.15, -0.1) is 0 Å². The fourth-order valence-electron chi connectivity index (χ4n) is 1.57. The molecule has 0 aromatic carbocycles. The molecule has 0 saturated carbocycles. The van der Waals surface area contributed by atoms with Gasteiger partial charge in [0.25, 0.3) is 0 Å². The fraction of sp³-hybridized carbons (Fsp3) is 0.417. The Morgan fingerprint density at radius 3 is 3.00 bits per heavy atom. The van der Waals surface area contributed by atoms with Crippen LogP contribution in [0.1, 0.15) is 17.9 Å². The van der Waals surface area contributed by atoms with Crippen LogP contribution in [0.2, 0.25) is 0 Å². The summed E-state index contributed by atoms with van der Waals surface area (Å²) in [5.74, 6) is 1.55. The third-order valence-electron chi connectivity index (χ3n) is 2.66. The molecule has 2 aromatic heterocycles. The highest BCUT2D eigenvalue weighted by Crippen LogP contribution is 2.18. The predicted molar refractivity (Wildman–Crippen MR) is 74.3 cm³/mol. The number of anilines is 1. The molecule has 2 rings (SSSR count). The molecule has 2 N–H and O–H groups in total. The summed E-state index contributed by atoms with van der Waals surface area (Å²) in [4.78, 5) is 15.9. The lowest BCUT2D eigenvalue weighted by Gasteiger charge is -2.04. The highest BCUT2D eigenvalue weighted by Gasteiger charge is 2.09. The van der Waals surface area contributed by atoms with Crippen molar-refractivity contribution in [3.8, 4) is 0 Å². The summed E-state index contributed by atoms with van der Waals surface area (Å²) in [5.41, 5.74) is 0.745. The Balaban J connectivity index is 1.77. The van der Waals surface area contributed by atoms with Crippen molar-refractivity contribution in [1.82, 2.24) is 14.7 Å². The molecule has 0 fully saturated rings. The molecule has 7 nitrogen and oxygen atoms in total. The molecule has 0 aliphatic rings. The number of aliphatic hydroxyl groups excluding tert-OH is 1. The van der Waals surface area contributed by atoms with Crippen molar-refractivity contribution in [3.05, 3.63) is 23.7 Å². The molecule has 2 aromatic rings. The molecule has 0 unspecified atom stereocenters. The van der Waals surface area contributed by atoms with Crippen molar-refractivity contribution in [2.24, 2.45) is 7.05 Å². The minimum atomic E-state index is -0.123. The Morgan fingerprint density at radius 1 is 1.60 bits per heavy atom. The number of carbonyl (C=O) groups is 1. The van der Waals surface area contributed by atoms with Gasteiger partial charge in [0.05, 0.1) is 18.5 Å². The van der Waals surface area contributed by atoms with Gasteiger partial charge in [0.15, 0.2) is 11.0 Å². The molecule has 108 valence electrons. The summed E-state index contributed by atoms with van der Waals surface area (Å²) < 4.78 is 6.67. The maximum Gasteiger partial charge on any atom is 0.226 e. The fourth-order valence-corrected chi connectivity index (χ4v) is 2.48. The molecule has 0 bridgehead atoms. The third kappa shape index (κ3) is 3.61. The minimum Gasteiger partial charge on any atom is -0.390 e. The van der Waals surface area contributed by atoms with E-state index in [0.717, 1.165) is 10.9 Å². The number of aromatic nitrogens is 3. The van der Waals surface area contributed by atoms with E-state index in [-0.39, 0.29) is 12.5 Å². The molecule has 20 heavy (non-hydrogen) atoms. The Morgan fingerprint density at radius 2 is 2.40 bits per heavy atom. The monoisotopic (exact) mass is 296 g/mol. The lowest BCUT2D eigenvalue weighted by Crippen LogP contribution is -2.12. The van der Waals surface area contributed by atoms with Gasteiger partial charge in [-0.3, -0.25) is 4.79 Å². The molecule has 8 heteroatoms. The molecule has 0 atom stereocenters. The highest BCUT2D eigenvalue weighted by molar-refractivity contribution is 7.99. The SMILES string of the molecule is Cc1cc(NC(=O)CCSc2ncc(CO)n2C)no1. The van der Waals surface area contributed by atoms with Crippen molar-refractivity contribution in [1.29, 1.82) is 0 Å². The van der Waals surface area contributed by atoms with E-state index in [1.807, 2.05) is 11.6 Å². The zero-order chi connectivity index (χ0) is 14.5. The van der Waals surface area contributed by atoms with E-state index in [1.165, 1.54) is 11.8 Å². The molecule has 2 heterocycles. The van der Waals surface area contributed by atoms with Crippen LogP contribution in [0.25, 0.3) is 0 Å². The zero-order valence-electron chi connectivity index (χ0n) is 11.3. The van der Waals surface area contributed by atoms with Gasteiger partial charge in [-0.1, -0.05) is 16.9 Å². The van der Waals surface area contributed by atoms with Gasteiger partial charge in [0.2, 0.25) is 5.91 Å². The van der Waals surface area contributed by atoms with Crippen LogP contribution in [0.3, 0.4) is 0 Å². The zero-order valence-corrected chi connectivity index (χ0v) is 12.1. The summed E-state index contributed by atoms with van der Waals surface area (Å²) in [7, 11) is 1.83. The Labute approximate surface area is 120 Å². The van der Waals surface area contributed by atoms with Crippen molar-refractivity contribution in [2.45, 2.75) is 25.1 Å². The Kier molecular flexibility index (Phi) is 4.80. The van der Waals surface area contributed by atoms with E-state index in [2.05, 4.69) is 15.5 Å². The average molecular weight is 296 g/mol. The lowest BCUT2D eigenvalue weighted by atomic mass is 10.4. The van der Waals surface area contributed by atoms with E-state index in [9.17, 15) is 4.79 Å². The van der Waals surface area contributed by atoms with E-state index in [0.29, 0.717) is 23.8 Å². The minimum absolute atomic E-state index is 0.0456. The molecular weight excluding hydrogens is 280 g/mol. The second-order valence-corrected chi connectivity index (χ2v) is 5.28. The van der Waals surface area contributed by atoms with E-state index in [4.69, 9.17) is 9.63 Å². The largest absolute Gasteiger partial charge is 0.390 e. The maximum absolute atomic E-state index is 11.7. The van der Waals surface area contributed by atoms with Crippen LogP contribution in [-0.2, 0) is 18.4 Å². The summed E-state index contributed by atoms with van der Waals surface area (Å²) in [6.07, 6.45) is 1.97. The molecular formula is C12H16N4O3S. The van der Waals surface area contributed by atoms with Crippen LogP contribution in [0.4, 0.5) is 5.82 Å². The van der Waals surface area contributed by atoms with Crippen molar-refractivity contribution >= 4 is 23.5 Å². The van der Waals surface area contributed by atoms with E-state index < -0.39 is 0 Å². The molecule has 0 radical (unpaired) electrons. The van der Waals surface area contributed by atoms with E-state index in [1.54, 1.807) is 19.2 Å². The van der Waals surface area contributed by atoms with E-state index >= 15 is 0 Å². The standard InChI is InChI=1S/C12H16N4O3S/c1-8-5-10(15-19-8)14-11(18)3-4-20-12-13-6-9(7-17)16(12)2/h5-6,17H,3-4,7H2,1-2H3,(H,14,15,18).